The van der Waals surface area contributed by atoms with E-state index in [2.05, 4.69) is 0 Å². The lowest BCUT2D eigenvalue weighted by Gasteiger charge is -2.25. The monoisotopic (exact) mass is 302 g/mol. The molecule has 108 valence electrons. The van der Waals surface area contributed by atoms with E-state index in [1.165, 1.54) is 24.2 Å². The van der Waals surface area contributed by atoms with Crippen molar-refractivity contribution in [2.24, 2.45) is 5.73 Å². The molecule has 2 N–H and O–H groups in total. The van der Waals surface area contributed by atoms with Gasteiger partial charge in [0.2, 0.25) is 0 Å². The van der Waals surface area contributed by atoms with Gasteiger partial charge in [0.15, 0.2) is 0 Å². The summed E-state index contributed by atoms with van der Waals surface area (Å²) in [7, 11) is -1.63. The molecule has 2 rings (SSSR count). The molecular weight excluding hydrogens is 280 g/mol. The second-order valence-electron chi connectivity index (χ2n) is 5.14. The second-order valence-corrected chi connectivity index (χ2v) is 8.28. The van der Waals surface area contributed by atoms with Crippen molar-refractivity contribution in [2.45, 2.75) is 55.3 Å². The van der Waals surface area contributed by atoms with Crippen LogP contribution in [-0.2, 0) is 16.6 Å². The van der Waals surface area contributed by atoms with Crippen molar-refractivity contribution in [3.8, 4) is 0 Å². The lowest BCUT2D eigenvalue weighted by Crippen LogP contribution is -2.36. The molecule has 19 heavy (non-hydrogen) atoms. The SMILES string of the molecule is CN(C1CCCCCC1)S(=O)(=O)c1cc(CN)cs1. The van der Waals surface area contributed by atoms with Gasteiger partial charge in [-0.2, -0.15) is 4.31 Å². The van der Waals surface area contributed by atoms with Crippen molar-refractivity contribution < 1.29 is 8.42 Å². The predicted octanol–water partition coefficient (Wildman–Crippen LogP) is 2.55. The molecule has 0 bridgehead atoms. The quantitative estimate of drug-likeness (QED) is 0.869. The molecule has 1 aromatic rings. The van der Waals surface area contributed by atoms with E-state index in [0.29, 0.717) is 10.8 Å². The highest BCUT2D eigenvalue weighted by molar-refractivity contribution is 7.91. The molecule has 0 saturated heterocycles. The van der Waals surface area contributed by atoms with E-state index in [4.69, 9.17) is 5.73 Å². The van der Waals surface area contributed by atoms with E-state index in [9.17, 15) is 8.42 Å². The topological polar surface area (TPSA) is 63.4 Å². The number of nitrogens with zero attached hydrogens (tertiary/aromatic N) is 1. The molecule has 1 fully saturated rings. The number of sulfonamides is 1. The van der Waals surface area contributed by atoms with E-state index < -0.39 is 10.0 Å². The summed E-state index contributed by atoms with van der Waals surface area (Å²) in [5.41, 5.74) is 6.43. The largest absolute Gasteiger partial charge is 0.326 e. The van der Waals surface area contributed by atoms with Crippen LogP contribution in [0.1, 0.15) is 44.1 Å². The molecule has 1 aromatic heterocycles. The minimum absolute atomic E-state index is 0.149. The first-order chi connectivity index (χ1) is 9.05. The van der Waals surface area contributed by atoms with E-state index in [-0.39, 0.29) is 6.04 Å². The summed E-state index contributed by atoms with van der Waals surface area (Å²) in [4.78, 5) is 0. The molecule has 0 spiro atoms. The van der Waals surface area contributed by atoms with Gasteiger partial charge >= 0.3 is 0 Å². The van der Waals surface area contributed by atoms with Crippen molar-refractivity contribution in [3.63, 3.8) is 0 Å². The fourth-order valence-corrected chi connectivity index (χ4v) is 5.38. The zero-order valence-electron chi connectivity index (χ0n) is 11.3. The van der Waals surface area contributed by atoms with Crippen LogP contribution in [0.15, 0.2) is 15.7 Å². The van der Waals surface area contributed by atoms with Crippen molar-refractivity contribution in [1.82, 2.24) is 4.31 Å². The Morgan fingerprint density at radius 1 is 1.32 bits per heavy atom. The Morgan fingerprint density at radius 2 is 1.95 bits per heavy atom. The average Bonchev–Trinajstić information content (AvgIpc) is 2.74. The Labute approximate surface area is 119 Å². The maximum absolute atomic E-state index is 12.6. The summed E-state index contributed by atoms with van der Waals surface area (Å²) >= 11 is 1.27. The van der Waals surface area contributed by atoms with Crippen molar-refractivity contribution >= 4 is 21.4 Å². The van der Waals surface area contributed by atoms with Gasteiger partial charge in [0.25, 0.3) is 10.0 Å². The molecular formula is C13H22N2O2S2. The number of nitrogens with two attached hydrogens (primary N) is 1. The van der Waals surface area contributed by atoms with E-state index in [1.807, 2.05) is 5.38 Å². The van der Waals surface area contributed by atoms with Crippen LogP contribution < -0.4 is 5.73 Å². The molecule has 4 nitrogen and oxygen atoms in total. The summed E-state index contributed by atoms with van der Waals surface area (Å²) < 4.78 is 27.1. The van der Waals surface area contributed by atoms with Gasteiger partial charge in [0.05, 0.1) is 0 Å². The number of hydrogen-bond donors (Lipinski definition) is 1. The van der Waals surface area contributed by atoms with Gasteiger partial charge in [-0.1, -0.05) is 25.7 Å². The number of thiophene rings is 1. The number of hydrogen-bond acceptors (Lipinski definition) is 4. The average molecular weight is 302 g/mol. The molecule has 0 atom stereocenters. The van der Waals surface area contributed by atoms with Crippen LogP contribution in [0.4, 0.5) is 0 Å². The summed E-state index contributed by atoms with van der Waals surface area (Å²) in [6, 6.07) is 1.85. The van der Waals surface area contributed by atoms with Gasteiger partial charge in [-0.15, -0.1) is 11.3 Å². The molecule has 0 unspecified atom stereocenters. The molecule has 1 saturated carbocycles. The van der Waals surface area contributed by atoms with Gasteiger partial charge < -0.3 is 5.73 Å². The summed E-state index contributed by atoms with van der Waals surface area (Å²) in [5, 5.41) is 1.83. The molecule has 6 heteroatoms. The van der Waals surface area contributed by atoms with Crippen molar-refractivity contribution in [2.75, 3.05) is 7.05 Å². The van der Waals surface area contributed by atoms with E-state index >= 15 is 0 Å². The lowest BCUT2D eigenvalue weighted by molar-refractivity contribution is 0.336. The predicted molar refractivity (Wildman–Crippen MR) is 78.6 cm³/mol. The first-order valence-corrected chi connectivity index (χ1v) is 9.13. The zero-order chi connectivity index (χ0) is 13.9. The molecule has 1 heterocycles. The van der Waals surface area contributed by atoms with Gasteiger partial charge in [-0.25, -0.2) is 8.42 Å². The Bertz CT molecular complexity index is 502. The van der Waals surface area contributed by atoms with Crippen LogP contribution in [0.3, 0.4) is 0 Å². The molecule has 0 amide bonds. The Morgan fingerprint density at radius 3 is 2.47 bits per heavy atom. The Balaban J connectivity index is 2.17. The summed E-state index contributed by atoms with van der Waals surface area (Å²) in [5.74, 6) is 0. The third kappa shape index (κ3) is 3.37. The zero-order valence-corrected chi connectivity index (χ0v) is 13.0. The van der Waals surface area contributed by atoms with Crippen LogP contribution in [0.5, 0.6) is 0 Å². The Hall–Kier alpha value is -0.430. The minimum atomic E-state index is -3.35. The van der Waals surface area contributed by atoms with E-state index in [1.54, 1.807) is 17.4 Å². The van der Waals surface area contributed by atoms with E-state index in [0.717, 1.165) is 31.2 Å². The molecule has 1 aliphatic rings. The Kier molecular flexibility index (Phi) is 5.00. The van der Waals surface area contributed by atoms with Gasteiger partial charge in [0, 0.05) is 19.6 Å². The van der Waals surface area contributed by atoms with Crippen LogP contribution in [0.25, 0.3) is 0 Å². The van der Waals surface area contributed by atoms with Crippen LogP contribution >= 0.6 is 11.3 Å². The van der Waals surface area contributed by atoms with Gasteiger partial charge in [-0.3, -0.25) is 0 Å². The summed E-state index contributed by atoms with van der Waals surface area (Å²) in [6.07, 6.45) is 6.66. The van der Waals surface area contributed by atoms with Crippen LogP contribution in [-0.4, -0.2) is 25.8 Å². The fraction of sp³-hybridized carbons (Fsp3) is 0.692. The minimum Gasteiger partial charge on any atom is -0.326 e. The van der Waals surface area contributed by atoms with Crippen molar-refractivity contribution in [3.05, 3.63) is 17.0 Å². The third-order valence-electron chi connectivity index (χ3n) is 3.84. The first-order valence-electron chi connectivity index (χ1n) is 6.81. The van der Waals surface area contributed by atoms with Gasteiger partial charge in [0.1, 0.15) is 4.21 Å². The maximum atomic E-state index is 12.6. The molecule has 0 aromatic carbocycles. The molecule has 1 aliphatic carbocycles. The van der Waals surface area contributed by atoms with Crippen LogP contribution in [0.2, 0.25) is 0 Å². The molecule has 0 aliphatic heterocycles. The second kappa shape index (κ2) is 6.35. The standard InChI is InChI=1S/C13H22N2O2S2/c1-15(12-6-4-2-3-5-7-12)19(16,17)13-8-11(9-14)10-18-13/h8,10,12H,2-7,9,14H2,1H3. The highest BCUT2D eigenvalue weighted by Crippen LogP contribution is 2.28. The number of rotatable bonds is 4. The lowest BCUT2D eigenvalue weighted by atomic mass is 10.1. The third-order valence-corrected chi connectivity index (χ3v) is 7.21. The van der Waals surface area contributed by atoms with Crippen LogP contribution in [0, 0.1) is 0 Å². The first kappa shape index (κ1) is 15.0. The van der Waals surface area contributed by atoms with Gasteiger partial charge in [-0.05, 0) is 29.9 Å². The highest BCUT2D eigenvalue weighted by Gasteiger charge is 2.29. The summed E-state index contributed by atoms with van der Waals surface area (Å²) in [6.45, 7) is 0.388. The normalized spacial score (nSPS) is 18.7. The maximum Gasteiger partial charge on any atom is 0.252 e. The highest BCUT2D eigenvalue weighted by atomic mass is 32.2. The molecule has 0 radical (unpaired) electrons. The smallest absolute Gasteiger partial charge is 0.252 e. The fourth-order valence-electron chi connectivity index (χ4n) is 2.56. The van der Waals surface area contributed by atoms with Crippen molar-refractivity contribution in [1.29, 1.82) is 0 Å².